The first-order valence-electron chi connectivity index (χ1n) is 10.1. The lowest BCUT2D eigenvalue weighted by Gasteiger charge is -2.35. The molecule has 1 aromatic carbocycles. The number of piperazine rings is 1. The maximum atomic E-state index is 12.7. The van der Waals surface area contributed by atoms with Gasteiger partial charge in [-0.2, -0.15) is 0 Å². The second kappa shape index (κ2) is 8.68. The number of carbonyl (C=O) groups is 2. The smallest absolute Gasteiger partial charge is 0.317 e. The lowest BCUT2D eigenvalue weighted by molar-refractivity contribution is 0.0664. The molecule has 3 amide bonds. The molecule has 3 heterocycles. The summed E-state index contributed by atoms with van der Waals surface area (Å²) in [7, 11) is 0. The summed E-state index contributed by atoms with van der Waals surface area (Å²) >= 11 is 0. The van der Waals surface area contributed by atoms with Gasteiger partial charge in [0.05, 0.1) is 0 Å². The summed E-state index contributed by atoms with van der Waals surface area (Å²) in [6.45, 7) is 5.25. The number of nitrogens with one attached hydrogen (secondary N) is 2. The second-order valence-electron chi connectivity index (χ2n) is 7.56. The van der Waals surface area contributed by atoms with Crippen LogP contribution in [0.3, 0.4) is 0 Å². The molecule has 8 nitrogen and oxygen atoms in total. The molecule has 0 unspecified atom stereocenters. The number of ether oxygens (including phenoxy) is 2. The van der Waals surface area contributed by atoms with Gasteiger partial charge in [-0.05, 0) is 56.5 Å². The van der Waals surface area contributed by atoms with Crippen LogP contribution in [0, 0.1) is 5.92 Å². The molecular formula is C20H28N4O4. The molecule has 0 spiro atoms. The van der Waals surface area contributed by atoms with Crippen LogP contribution >= 0.6 is 0 Å². The number of amides is 3. The van der Waals surface area contributed by atoms with Gasteiger partial charge in [-0.25, -0.2) is 4.79 Å². The van der Waals surface area contributed by atoms with Crippen LogP contribution < -0.4 is 20.1 Å². The Labute approximate surface area is 165 Å². The third kappa shape index (κ3) is 4.32. The Morgan fingerprint density at radius 2 is 1.75 bits per heavy atom. The Hall–Kier alpha value is -2.48. The van der Waals surface area contributed by atoms with Crippen LogP contribution in [0.1, 0.15) is 29.6 Å². The van der Waals surface area contributed by atoms with Crippen LogP contribution in [0.4, 0.5) is 4.79 Å². The Morgan fingerprint density at radius 3 is 2.54 bits per heavy atom. The molecule has 3 aliphatic rings. The average molecular weight is 388 g/mol. The first-order valence-corrected chi connectivity index (χ1v) is 10.1. The van der Waals surface area contributed by atoms with Crippen molar-refractivity contribution in [3.05, 3.63) is 23.8 Å². The second-order valence-corrected chi connectivity index (χ2v) is 7.56. The van der Waals surface area contributed by atoms with Gasteiger partial charge in [-0.1, -0.05) is 0 Å². The Balaban J connectivity index is 1.21. The molecule has 2 saturated heterocycles. The number of benzene rings is 1. The summed E-state index contributed by atoms with van der Waals surface area (Å²) in [5.41, 5.74) is 0.587. The highest BCUT2D eigenvalue weighted by Gasteiger charge is 2.26. The van der Waals surface area contributed by atoms with Crippen molar-refractivity contribution in [2.45, 2.75) is 19.3 Å². The fourth-order valence-electron chi connectivity index (χ4n) is 3.99. The largest absolute Gasteiger partial charge is 0.454 e. The van der Waals surface area contributed by atoms with Crippen LogP contribution in [0.5, 0.6) is 11.5 Å². The van der Waals surface area contributed by atoms with Gasteiger partial charge in [0.2, 0.25) is 6.79 Å². The maximum Gasteiger partial charge on any atom is 0.317 e. The minimum atomic E-state index is -0.0377. The van der Waals surface area contributed by atoms with Gasteiger partial charge in [0, 0.05) is 38.3 Å². The molecular weight excluding hydrogens is 360 g/mol. The number of hydrogen-bond donors (Lipinski definition) is 2. The fraction of sp³-hybridized carbons (Fsp3) is 0.600. The zero-order valence-electron chi connectivity index (χ0n) is 16.1. The SMILES string of the molecule is O=C(NCCC1CCNCC1)N1CCN(C(=O)c2ccc3c(c2)OCO3)CC1. The molecule has 2 fully saturated rings. The quantitative estimate of drug-likeness (QED) is 0.812. The first-order chi connectivity index (χ1) is 13.7. The van der Waals surface area contributed by atoms with Crippen molar-refractivity contribution in [2.24, 2.45) is 5.92 Å². The van der Waals surface area contributed by atoms with Gasteiger partial charge < -0.3 is 29.9 Å². The van der Waals surface area contributed by atoms with Crippen molar-refractivity contribution in [1.82, 2.24) is 20.4 Å². The number of hydrogen-bond acceptors (Lipinski definition) is 5. The summed E-state index contributed by atoms with van der Waals surface area (Å²) in [6.07, 6.45) is 3.42. The summed E-state index contributed by atoms with van der Waals surface area (Å²) in [5.74, 6) is 1.95. The molecule has 0 bridgehead atoms. The van der Waals surface area contributed by atoms with Crippen molar-refractivity contribution >= 4 is 11.9 Å². The maximum absolute atomic E-state index is 12.7. The Morgan fingerprint density at radius 1 is 1.04 bits per heavy atom. The van der Waals surface area contributed by atoms with Crippen LogP contribution in [0.15, 0.2) is 18.2 Å². The molecule has 1 aromatic rings. The Bertz CT molecular complexity index is 712. The van der Waals surface area contributed by atoms with E-state index in [9.17, 15) is 9.59 Å². The monoisotopic (exact) mass is 388 g/mol. The zero-order chi connectivity index (χ0) is 19.3. The topological polar surface area (TPSA) is 83.1 Å². The average Bonchev–Trinajstić information content (AvgIpc) is 3.22. The number of fused-ring (bicyclic) bond motifs is 1. The molecule has 0 radical (unpaired) electrons. The molecule has 0 saturated carbocycles. The normalized spacial score (nSPS) is 19.6. The number of rotatable bonds is 4. The van der Waals surface area contributed by atoms with E-state index in [1.807, 2.05) is 0 Å². The zero-order valence-corrected chi connectivity index (χ0v) is 16.1. The Kier molecular flexibility index (Phi) is 5.85. The lowest BCUT2D eigenvalue weighted by Crippen LogP contribution is -2.53. The van der Waals surface area contributed by atoms with Crippen molar-refractivity contribution in [1.29, 1.82) is 0 Å². The van der Waals surface area contributed by atoms with Crippen LogP contribution in [0.25, 0.3) is 0 Å². The highest BCUT2D eigenvalue weighted by atomic mass is 16.7. The van der Waals surface area contributed by atoms with Gasteiger partial charge in [0.25, 0.3) is 5.91 Å². The van der Waals surface area contributed by atoms with E-state index >= 15 is 0 Å². The van der Waals surface area contributed by atoms with E-state index in [1.165, 1.54) is 12.8 Å². The van der Waals surface area contributed by atoms with Crippen molar-refractivity contribution in [3.63, 3.8) is 0 Å². The van der Waals surface area contributed by atoms with Gasteiger partial charge in [0.15, 0.2) is 11.5 Å². The highest BCUT2D eigenvalue weighted by molar-refractivity contribution is 5.95. The fourth-order valence-corrected chi connectivity index (χ4v) is 3.99. The molecule has 152 valence electrons. The predicted octanol–water partition coefficient (Wildman–Crippen LogP) is 1.27. The molecule has 4 rings (SSSR count). The van der Waals surface area contributed by atoms with Crippen molar-refractivity contribution in [2.75, 3.05) is 52.6 Å². The molecule has 2 N–H and O–H groups in total. The van der Waals surface area contributed by atoms with Crippen LogP contribution in [-0.2, 0) is 0 Å². The number of nitrogens with zero attached hydrogens (tertiary/aromatic N) is 2. The van der Waals surface area contributed by atoms with Gasteiger partial charge in [0.1, 0.15) is 0 Å². The van der Waals surface area contributed by atoms with Gasteiger partial charge >= 0.3 is 6.03 Å². The molecule has 0 aliphatic carbocycles. The number of piperidine rings is 1. The molecule has 3 aliphatic heterocycles. The summed E-state index contributed by atoms with van der Waals surface area (Å²) in [6, 6.07) is 5.23. The van der Waals surface area contributed by atoms with E-state index in [-0.39, 0.29) is 18.7 Å². The lowest BCUT2D eigenvalue weighted by atomic mass is 9.95. The minimum absolute atomic E-state index is 0.0240. The molecule has 0 aromatic heterocycles. The van der Waals surface area contributed by atoms with Gasteiger partial charge in [-0.3, -0.25) is 4.79 Å². The number of carbonyl (C=O) groups excluding carboxylic acids is 2. The van der Waals surface area contributed by atoms with Crippen LogP contribution in [0.2, 0.25) is 0 Å². The van der Waals surface area contributed by atoms with Gasteiger partial charge in [-0.15, -0.1) is 0 Å². The van der Waals surface area contributed by atoms with E-state index in [0.29, 0.717) is 49.2 Å². The molecule has 28 heavy (non-hydrogen) atoms. The minimum Gasteiger partial charge on any atom is -0.454 e. The summed E-state index contributed by atoms with van der Waals surface area (Å²) in [4.78, 5) is 28.7. The van der Waals surface area contributed by atoms with E-state index in [1.54, 1.807) is 28.0 Å². The standard InChI is InChI=1S/C20H28N4O4/c25-19(16-1-2-17-18(13-16)28-14-27-17)23-9-11-24(12-10-23)20(26)22-8-5-15-3-6-21-7-4-15/h1-2,13,15,21H,3-12,14H2,(H,22,26). The third-order valence-electron chi connectivity index (χ3n) is 5.76. The van der Waals surface area contributed by atoms with Crippen molar-refractivity contribution in [3.8, 4) is 11.5 Å². The molecule has 0 atom stereocenters. The van der Waals surface area contributed by atoms with E-state index in [4.69, 9.17) is 9.47 Å². The predicted molar refractivity (Wildman–Crippen MR) is 104 cm³/mol. The first kappa shape index (κ1) is 18.9. The third-order valence-corrected chi connectivity index (χ3v) is 5.76. The van der Waals surface area contributed by atoms with Crippen molar-refractivity contribution < 1.29 is 19.1 Å². The van der Waals surface area contributed by atoms with E-state index < -0.39 is 0 Å². The van der Waals surface area contributed by atoms with E-state index in [2.05, 4.69) is 10.6 Å². The molecule has 8 heteroatoms. The van der Waals surface area contributed by atoms with E-state index in [0.717, 1.165) is 26.1 Å². The van der Waals surface area contributed by atoms with Crippen LogP contribution in [-0.4, -0.2) is 74.3 Å². The summed E-state index contributed by atoms with van der Waals surface area (Å²) < 4.78 is 10.6. The highest BCUT2D eigenvalue weighted by Crippen LogP contribution is 2.32. The number of urea groups is 1. The summed E-state index contributed by atoms with van der Waals surface area (Å²) in [5, 5.41) is 6.40.